The van der Waals surface area contributed by atoms with Gasteiger partial charge in [0.15, 0.2) is 18.1 Å². The molecule has 1 aliphatic heterocycles. The molecule has 0 saturated heterocycles. The van der Waals surface area contributed by atoms with Crippen LogP contribution in [0.25, 0.3) is 0 Å². The van der Waals surface area contributed by atoms with Crippen LogP contribution in [0.3, 0.4) is 0 Å². The van der Waals surface area contributed by atoms with E-state index >= 15 is 0 Å². The fourth-order valence-corrected chi connectivity index (χ4v) is 2.55. The van der Waals surface area contributed by atoms with Gasteiger partial charge in [-0.25, -0.2) is 4.79 Å². The van der Waals surface area contributed by atoms with Crippen LogP contribution in [-0.2, 0) is 16.0 Å². The average molecular weight is 357 g/mol. The van der Waals surface area contributed by atoms with Gasteiger partial charge in [0.05, 0.1) is 6.42 Å². The molecule has 3 rings (SSSR count). The number of fused-ring (bicyclic) bond motifs is 1. The predicted molar refractivity (Wildman–Crippen MR) is 94.1 cm³/mol. The summed E-state index contributed by atoms with van der Waals surface area (Å²) in [6, 6.07) is 12.2. The number of hydrogen-bond acceptors (Lipinski definition) is 5. The van der Waals surface area contributed by atoms with Crippen molar-refractivity contribution in [2.24, 2.45) is 0 Å². The molecule has 1 aliphatic rings. The number of carboxylic acids is 1. The van der Waals surface area contributed by atoms with Crippen molar-refractivity contribution < 1.29 is 28.9 Å². The van der Waals surface area contributed by atoms with Crippen molar-refractivity contribution in [3.05, 3.63) is 48.0 Å². The second-order valence-electron chi connectivity index (χ2n) is 5.78. The Bertz CT molecular complexity index is 802. The summed E-state index contributed by atoms with van der Waals surface area (Å²) in [5, 5.41) is 8.61. The first kappa shape index (κ1) is 17.6. The van der Waals surface area contributed by atoms with Crippen molar-refractivity contribution in [1.29, 1.82) is 0 Å². The zero-order valence-electron chi connectivity index (χ0n) is 14.3. The van der Waals surface area contributed by atoms with Crippen molar-refractivity contribution in [2.45, 2.75) is 6.42 Å². The van der Waals surface area contributed by atoms with Crippen LogP contribution < -0.4 is 19.1 Å². The highest BCUT2D eigenvalue weighted by atomic mass is 16.6. The number of anilines is 1. The Hall–Kier alpha value is -3.22. The summed E-state index contributed by atoms with van der Waals surface area (Å²) < 4.78 is 16.1. The molecular formula is C19H19NO6. The molecule has 0 unspecified atom stereocenters. The summed E-state index contributed by atoms with van der Waals surface area (Å²) >= 11 is 0. The first-order valence-corrected chi connectivity index (χ1v) is 8.12. The van der Waals surface area contributed by atoms with Crippen molar-refractivity contribution >= 4 is 17.6 Å². The smallest absolute Gasteiger partial charge is 0.341 e. The van der Waals surface area contributed by atoms with Crippen molar-refractivity contribution in [3.63, 3.8) is 0 Å². The number of amides is 1. The van der Waals surface area contributed by atoms with Gasteiger partial charge in [0, 0.05) is 12.7 Å². The number of nitrogens with zero attached hydrogens (tertiary/aromatic N) is 1. The van der Waals surface area contributed by atoms with Crippen LogP contribution in [0, 0.1) is 0 Å². The standard InChI is InChI=1S/C19H19NO6/c1-20(14-3-5-15(6-4-14)26-12-19(22)23)18(21)11-13-2-7-16-17(10-13)25-9-8-24-16/h2-7,10H,8-9,11-12H2,1H3,(H,22,23). The van der Waals surface area contributed by atoms with Crippen LogP contribution in [0.4, 0.5) is 5.69 Å². The van der Waals surface area contributed by atoms with Gasteiger partial charge in [-0.3, -0.25) is 4.79 Å². The Kier molecular flexibility index (Phi) is 5.26. The number of carbonyl (C=O) groups excluding carboxylic acids is 1. The Labute approximate surface area is 150 Å². The van der Waals surface area contributed by atoms with E-state index in [0.29, 0.717) is 36.1 Å². The highest BCUT2D eigenvalue weighted by molar-refractivity contribution is 5.94. The summed E-state index contributed by atoms with van der Waals surface area (Å²) in [6.45, 7) is 0.624. The molecule has 0 aromatic heterocycles. The Balaban J connectivity index is 1.63. The summed E-state index contributed by atoms with van der Waals surface area (Å²) in [5.74, 6) is 0.660. The lowest BCUT2D eigenvalue weighted by molar-refractivity contribution is -0.139. The molecule has 2 aromatic carbocycles. The normalized spacial score (nSPS) is 12.3. The highest BCUT2D eigenvalue weighted by Gasteiger charge is 2.16. The lowest BCUT2D eigenvalue weighted by atomic mass is 10.1. The predicted octanol–water partition coefficient (Wildman–Crippen LogP) is 2.13. The number of ether oxygens (including phenoxy) is 3. The molecule has 0 radical (unpaired) electrons. The summed E-state index contributed by atoms with van der Waals surface area (Å²) in [6.07, 6.45) is 0.227. The summed E-state index contributed by atoms with van der Waals surface area (Å²) in [4.78, 5) is 24.6. The van der Waals surface area contributed by atoms with E-state index in [9.17, 15) is 9.59 Å². The molecule has 1 heterocycles. The molecule has 0 bridgehead atoms. The zero-order chi connectivity index (χ0) is 18.5. The highest BCUT2D eigenvalue weighted by Crippen LogP contribution is 2.31. The van der Waals surface area contributed by atoms with Gasteiger partial charge in [-0.1, -0.05) is 6.07 Å². The molecule has 1 N–H and O–H groups in total. The van der Waals surface area contributed by atoms with E-state index in [1.54, 1.807) is 31.3 Å². The molecular weight excluding hydrogens is 338 g/mol. The molecule has 0 fully saturated rings. The Morgan fingerprint density at radius 3 is 2.46 bits per heavy atom. The maximum absolute atomic E-state index is 12.5. The quantitative estimate of drug-likeness (QED) is 0.852. The van der Waals surface area contributed by atoms with Crippen LogP contribution in [0.1, 0.15) is 5.56 Å². The average Bonchev–Trinajstić information content (AvgIpc) is 2.66. The van der Waals surface area contributed by atoms with E-state index in [1.165, 1.54) is 4.90 Å². The minimum Gasteiger partial charge on any atom is -0.486 e. The van der Waals surface area contributed by atoms with E-state index in [4.69, 9.17) is 19.3 Å². The van der Waals surface area contributed by atoms with E-state index < -0.39 is 12.6 Å². The lowest BCUT2D eigenvalue weighted by Gasteiger charge is -2.20. The number of rotatable bonds is 6. The molecule has 136 valence electrons. The molecule has 0 aliphatic carbocycles. The van der Waals surface area contributed by atoms with Crippen molar-refractivity contribution in [2.75, 3.05) is 31.8 Å². The number of carbonyl (C=O) groups is 2. The summed E-state index contributed by atoms with van der Waals surface area (Å²) in [7, 11) is 1.69. The van der Waals surface area contributed by atoms with E-state index in [1.807, 2.05) is 18.2 Å². The Morgan fingerprint density at radius 2 is 1.77 bits per heavy atom. The third-order valence-corrected chi connectivity index (χ3v) is 3.92. The molecule has 2 aromatic rings. The fourth-order valence-electron chi connectivity index (χ4n) is 2.55. The number of hydrogen-bond donors (Lipinski definition) is 1. The molecule has 0 saturated carbocycles. The Morgan fingerprint density at radius 1 is 1.08 bits per heavy atom. The lowest BCUT2D eigenvalue weighted by Crippen LogP contribution is -2.27. The summed E-state index contributed by atoms with van der Waals surface area (Å²) in [5.41, 5.74) is 1.53. The third-order valence-electron chi connectivity index (χ3n) is 3.92. The topological polar surface area (TPSA) is 85.3 Å². The van der Waals surface area contributed by atoms with E-state index in [-0.39, 0.29) is 12.3 Å². The molecule has 0 atom stereocenters. The van der Waals surface area contributed by atoms with Crippen molar-refractivity contribution in [1.82, 2.24) is 0 Å². The van der Waals surface area contributed by atoms with Crippen LogP contribution >= 0.6 is 0 Å². The molecule has 7 heteroatoms. The number of aliphatic carboxylic acids is 1. The first-order valence-electron chi connectivity index (χ1n) is 8.12. The minimum atomic E-state index is -1.04. The van der Waals surface area contributed by atoms with Gasteiger partial charge in [-0.05, 0) is 42.0 Å². The maximum Gasteiger partial charge on any atom is 0.341 e. The third kappa shape index (κ3) is 4.24. The van der Waals surface area contributed by atoms with Gasteiger partial charge in [0.25, 0.3) is 0 Å². The number of likely N-dealkylation sites (N-methyl/N-ethyl adjacent to an activating group) is 1. The van der Waals surface area contributed by atoms with Gasteiger partial charge in [-0.2, -0.15) is 0 Å². The molecule has 1 amide bonds. The van der Waals surface area contributed by atoms with E-state index in [2.05, 4.69) is 0 Å². The van der Waals surface area contributed by atoms with Gasteiger partial charge in [-0.15, -0.1) is 0 Å². The second kappa shape index (κ2) is 7.77. The van der Waals surface area contributed by atoms with Crippen molar-refractivity contribution in [3.8, 4) is 17.2 Å². The van der Waals surface area contributed by atoms with Crippen LogP contribution in [0.5, 0.6) is 17.2 Å². The molecule has 0 spiro atoms. The fraction of sp³-hybridized carbons (Fsp3) is 0.263. The van der Waals surface area contributed by atoms with Crippen LogP contribution in [0.2, 0.25) is 0 Å². The zero-order valence-corrected chi connectivity index (χ0v) is 14.3. The monoisotopic (exact) mass is 357 g/mol. The SMILES string of the molecule is CN(C(=O)Cc1ccc2c(c1)OCCO2)c1ccc(OCC(=O)O)cc1. The van der Waals surface area contributed by atoms with Gasteiger partial charge < -0.3 is 24.2 Å². The minimum absolute atomic E-state index is 0.0825. The van der Waals surface area contributed by atoms with Gasteiger partial charge >= 0.3 is 5.97 Å². The molecule has 26 heavy (non-hydrogen) atoms. The largest absolute Gasteiger partial charge is 0.486 e. The maximum atomic E-state index is 12.5. The van der Waals surface area contributed by atoms with Gasteiger partial charge in [0.2, 0.25) is 5.91 Å². The van der Waals surface area contributed by atoms with Crippen LogP contribution in [0.15, 0.2) is 42.5 Å². The second-order valence-corrected chi connectivity index (χ2v) is 5.78. The van der Waals surface area contributed by atoms with Crippen LogP contribution in [-0.4, -0.2) is 43.9 Å². The molecule has 7 nitrogen and oxygen atoms in total. The van der Waals surface area contributed by atoms with E-state index in [0.717, 1.165) is 5.56 Å². The number of carboxylic acid groups (broad SMARTS) is 1. The first-order chi connectivity index (χ1) is 12.5. The number of benzene rings is 2. The van der Waals surface area contributed by atoms with Gasteiger partial charge in [0.1, 0.15) is 19.0 Å².